The van der Waals surface area contributed by atoms with E-state index >= 15 is 0 Å². The highest BCUT2D eigenvalue weighted by Gasteiger charge is 2.12. The lowest BCUT2D eigenvalue weighted by Crippen LogP contribution is -2.36. The van der Waals surface area contributed by atoms with Gasteiger partial charge in [-0.1, -0.05) is 18.2 Å². The molecule has 0 saturated carbocycles. The van der Waals surface area contributed by atoms with Crippen molar-refractivity contribution in [3.63, 3.8) is 0 Å². The third-order valence-corrected chi connectivity index (χ3v) is 3.71. The molecule has 1 aliphatic rings. The molecule has 1 aromatic carbocycles. The average molecular weight is 255 g/mol. The highest BCUT2D eigenvalue weighted by atomic mass is 28.3. The van der Waals surface area contributed by atoms with E-state index in [0.29, 0.717) is 0 Å². The minimum absolute atomic E-state index is 1.24. The molecule has 1 heterocycles. The summed E-state index contributed by atoms with van der Waals surface area (Å²) in [5.41, 5.74) is 1.37. The predicted molar refractivity (Wildman–Crippen MR) is 71.4 cm³/mol. The summed E-state index contributed by atoms with van der Waals surface area (Å²) < 4.78 is 14.2. The van der Waals surface area contributed by atoms with Gasteiger partial charge in [-0.25, -0.2) is 0 Å². The van der Waals surface area contributed by atoms with Crippen LogP contribution in [0.5, 0.6) is 0 Å². The predicted octanol–water partition coefficient (Wildman–Crippen LogP) is 1.54. The van der Waals surface area contributed by atoms with Crippen molar-refractivity contribution in [2.24, 2.45) is 0 Å². The largest absolute Gasteiger partial charge is 0.483 e. The van der Waals surface area contributed by atoms with Gasteiger partial charge in [-0.2, -0.15) is 0 Å². The molecule has 0 N–H and O–H groups in total. The van der Waals surface area contributed by atoms with Gasteiger partial charge in [0.1, 0.15) is 0 Å². The molecule has 2 rings (SSSR count). The first-order valence-electron chi connectivity index (χ1n) is 5.70. The van der Waals surface area contributed by atoms with E-state index in [1.165, 1.54) is 25.2 Å². The lowest BCUT2D eigenvalue weighted by atomic mass is 10.2. The molecule has 96 valence electrons. The van der Waals surface area contributed by atoms with E-state index in [-0.39, 0.29) is 0 Å². The van der Waals surface area contributed by atoms with Gasteiger partial charge in [0.15, 0.2) is 0 Å². The van der Waals surface area contributed by atoms with Crippen molar-refractivity contribution in [2.75, 3.05) is 39.3 Å². The lowest BCUT2D eigenvalue weighted by Gasteiger charge is -2.33. The Hall–Kier alpha value is -0.883. The molecule has 1 aromatic rings. The summed E-state index contributed by atoms with van der Waals surface area (Å²) >= 11 is 0. The second-order valence-electron chi connectivity index (χ2n) is 3.67. The summed E-state index contributed by atoms with van der Waals surface area (Å²) in [6.45, 7) is 2.48. The first-order chi connectivity index (χ1) is 8.31. The van der Waals surface area contributed by atoms with E-state index in [9.17, 15) is 0 Å². The van der Waals surface area contributed by atoms with Gasteiger partial charge in [0.2, 0.25) is 0 Å². The van der Waals surface area contributed by atoms with Gasteiger partial charge < -0.3 is 18.2 Å². The Labute approximate surface area is 105 Å². The first-order valence-corrected chi connectivity index (χ1v) is 7.11. The van der Waals surface area contributed by atoms with Gasteiger partial charge in [-0.05, 0) is 18.6 Å². The summed E-state index contributed by atoms with van der Waals surface area (Å²) in [4.78, 5) is 2.39. The molecular weight excluding hydrogens is 234 g/mol. The maximum absolute atomic E-state index is 4.74. The molecular formula is C12H21NO3Si. The Morgan fingerprint density at radius 2 is 1.47 bits per heavy atom. The van der Waals surface area contributed by atoms with Gasteiger partial charge in [0, 0.05) is 40.1 Å². The van der Waals surface area contributed by atoms with Crippen molar-refractivity contribution in [3.8, 4) is 0 Å². The number of rotatable bonds is 4. The number of benzene rings is 1. The van der Waals surface area contributed by atoms with Crippen molar-refractivity contribution in [2.45, 2.75) is 6.42 Å². The third-order valence-electron chi connectivity index (χ3n) is 2.55. The molecule has 0 radical (unpaired) electrons. The molecule has 4 nitrogen and oxygen atoms in total. The smallest absolute Gasteiger partial charge is 0.379 e. The zero-order valence-electron chi connectivity index (χ0n) is 10.8. The van der Waals surface area contributed by atoms with E-state index in [4.69, 9.17) is 13.3 Å². The normalized spacial score (nSPS) is 14.0. The summed E-state index contributed by atoms with van der Waals surface area (Å²) in [6.07, 6.45) is 1.36. The summed E-state index contributed by atoms with van der Waals surface area (Å²) in [6, 6.07) is 10.6. The van der Waals surface area contributed by atoms with Gasteiger partial charge in [0.05, 0.1) is 0 Å². The SMILES string of the molecule is CO[SiH](OC)OC.c1ccc(N2CCC2)cc1. The highest BCUT2D eigenvalue weighted by molar-refractivity contribution is 6.36. The van der Waals surface area contributed by atoms with Crippen LogP contribution in [0.25, 0.3) is 0 Å². The van der Waals surface area contributed by atoms with E-state index in [2.05, 4.69) is 35.2 Å². The molecule has 1 saturated heterocycles. The van der Waals surface area contributed by atoms with E-state index in [0.717, 1.165) is 0 Å². The van der Waals surface area contributed by atoms with Crippen LogP contribution in [-0.2, 0) is 13.3 Å². The topological polar surface area (TPSA) is 30.9 Å². The van der Waals surface area contributed by atoms with Crippen LogP contribution in [0.2, 0.25) is 0 Å². The Morgan fingerprint density at radius 1 is 0.941 bits per heavy atom. The minimum Gasteiger partial charge on any atom is -0.379 e. The Morgan fingerprint density at radius 3 is 1.76 bits per heavy atom. The van der Waals surface area contributed by atoms with Crippen LogP contribution in [0.4, 0.5) is 5.69 Å². The Balaban J connectivity index is 0.000000185. The van der Waals surface area contributed by atoms with Crippen molar-refractivity contribution < 1.29 is 13.3 Å². The van der Waals surface area contributed by atoms with E-state index in [1.54, 1.807) is 21.3 Å². The molecule has 1 fully saturated rings. The van der Waals surface area contributed by atoms with Crippen LogP contribution >= 0.6 is 0 Å². The van der Waals surface area contributed by atoms with Crippen LogP contribution in [0, 0.1) is 0 Å². The molecule has 0 aromatic heterocycles. The standard InChI is InChI=1S/C9H11N.C3H10O3Si/c1-2-5-9(6-3-1)10-7-4-8-10;1-4-7(5-2)6-3/h1-3,5-6H,4,7-8H2;7H,1-3H3. The number of para-hydroxylation sites is 1. The summed E-state index contributed by atoms with van der Waals surface area (Å²) in [5, 5.41) is 0. The first kappa shape index (κ1) is 14.2. The quantitative estimate of drug-likeness (QED) is 0.764. The number of anilines is 1. The second-order valence-corrected chi connectivity index (χ2v) is 5.66. The second kappa shape index (κ2) is 8.24. The molecule has 0 spiro atoms. The molecule has 0 atom stereocenters. The van der Waals surface area contributed by atoms with Gasteiger partial charge in [0.25, 0.3) is 0 Å². The number of hydrogen-bond acceptors (Lipinski definition) is 4. The fourth-order valence-electron chi connectivity index (χ4n) is 1.50. The van der Waals surface area contributed by atoms with Crippen LogP contribution in [0.1, 0.15) is 6.42 Å². The average Bonchev–Trinajstić information content (AvgIpc) is 2.31. The zero-order chi connectivity index (χ0) is 12.5. The molecule has 0 bridgehead atoms. The van der Waals surface area contributed by atoms with Crippen LogP contribution in [0.15, 0.2) is 30.3 Å². The van der Waals surface area contributed by atoms with Gasteiger partial charge >= 0.3 is 9.53 Å². The molecule has 1 aliphatic heterocycles. The zero-order valence-corrected chi connectivity index (χ0v) is 11.9. The van der Waals surface area contributed by atoms with Gasteiger partial charge in [-0.15, -0.1) is 0 Å². The fourth-order valence-corrected chi connectivity index (χ4v) is 2.08. The van der Waals surface area contributed by atoms with Crippen molar-refractivity contribution in [3.05, 3.63) is 30.3 Å². The van der Waals surface area contributed by atoms with Gasteiger partial charge in [-0.3, -0.25) is 0 Å². The van der Waals surface area contributed by atoms with Crippen LogP contribution in [-0.4, -0.2) is 43.9 Å². The Kier molecular flexibility index (Phi) is 6.88. The van der Waals surface area contributed by atoms with Crippen molar-refractivity contribution in [1.29, 1.82) is 0 Å². The fraction of sp³-hybridized carbons (Fsp3) is 0.500. The molecule has 5 heteroatoms. The molecule has 17 heavy (non-hydrogen) atoms. The van der Waals surface area contributed by atoms with Crippen LogP contribution < -0.4 is 4.90 Å². The van der Waals surface area contributed by atoms with Crippen molar-refractivity contribution in [1.82, 2.24) is 0 Å². The minimum atomic E-state index is -1.67. The number of hydrogen-bond donors (Lipinski definition) is 0. The maximum Gasteiger partial charge on any atom is 0.483 e. The molecule has 0 amide bonds. The van der Waals surface area contributed by atoms with Crippen molar-refractivity contribution >= 4 is 15.2 Å². The lowest BCUT2D eigenvalue weighted by molar-refractivity contribution is 0.163. The van der Waals surface area contributed by atoms with Crippen LogP contribution in [0.3, 0.4) is 0 Å². The maximum atomic E-state index is 4.74. The molecule has 0 aliphatic carbocycles. The van der Waals surface area contributed by atoms with E-state index < -0.39 is 9.53 Å². The third kappa shape index (κ3) is 4.87. The summed E-state index contributed by atoms with van der Waals surface area (Å²) in [5.74, 6) is 0. The Bertz CT molecular complexity index is 284. The highest BCUT2D eigenvalue weighted by Crippen LogP contribution is 2.18. The van der Waals surface area contributed by atoms with E-state index in [1.807, 2.05) is 0 Å². The molecule has 0 unspecified atom stereocenters. The monoisotopic (exact) mass is 255 g/mol. The summed E-state index contributed by atoms with van der Waals surface area (Å²) in [7, 11) is 3.05. The number of nitrogens with zero attached hydrogens (tertiary/aromatic N) is 1.